The molecule has 0 aliphatic heterocycles. The van der Waals surface area contributed by atoms with E-state index in [1.807, 2.05) is 6.07 Å². The van der Waals surface area contributed by atoms with E-state index in [0.29, 0.717) is 0 Å². The summed E-state index contributed by atoms with van der Waals surface area (Å²) in [6.07, 6.45) is 0. The van der Waals surface area contributed by atoms with Crippen LogP contribution in [0.1, 0.15) is 0 Å². The van der Waals surface area contributed by atoms with Gasteiger partial charge in [0.05, 0.1) is 22.1 Å². The van der Waals surface area contributed by atoms with Crippen LogP contribution in [-0.2, 0) is 0 Å². The van der Waals surface area contributed by atoms with Gasteiger partial charge in [0.25, 0.3) is 0 Å². The normalized spacial score (nSPS) is 11.6. The predicted molar refractivity (Wildman–Crippen MR) is 188 cm³/mol. The van der Waals surface area contributed by atoms with Crippen LogP contribution in [0.25, 0.3) is 82.9 Å². The second-order valence-corrected chi connectivity index (χ2v) is 11.4. The highest BCUT2D eigenvalue weighted by atomic mass is 15.1. The Bertz CT molecular complexity index is 2510. The number of para-hydroxylation sites is 1. The highest BCUT2D eigenvalue weighted by Crippen LogP contribution is 2.39. The van der Waals surface area contributed by atoms with Crippen LogP contribution in [0, 0.1) is 0 Å². The van der Waals surface area contributed by atoms with Crippen molar-refractivity contribution in [2.45, 2.75) is 0 Å². The largest absolute Gasteiger partial charge is 0.292 e. The molecule has 0 atom stereocenters. The van der Waals surface area contributed by atoms with Gasteiger partial charge < -0.3 is 0 Å². The molecule has 0 radical (unpaired) electrons. The summed E-state index contributed by atoms with van der Waals surface area (Å²) in [5.74, 6) is 0.821. The van der Waals surface area contributed by atoms with Gasteiger partial charge in [-0.2, -0.15) is 0 Å². The summed E-state index contributed by atoms with van der Waals surface area (Å²) in [6, 6.07) is 57.7. The van der Waals surface area contributed by atoms with Crippen molar-refractivity contribution in [1.82, 2.24) is 14.5 Å². The molecule has 0 amide bonds. The molecule has 0 N–H and O–H groups in total. The maximum Gasteiger partial charge on any atom is 0.165 e. The lowest BCUT2D eigenvalue weighted by molar-refractivity contribution is 1.08. The molecule has 0 bridgehead atoms. The van der Waals surface area contributed by atoms with Crippen LogP contribution >= 0.6 is 0 Å². The van der Waals surface area contributed by atoms with Crippen LogP contribution in [0.4, 0.5) is 0 Å². The highest BCUT2D eigenvalue weighted by Gasteiger charge is 2.21. The molecule has 0 saturated heterocycles. The molecule has 0 fully saturated rings. The summed E-state index contributed by atoms with van der Waals surface area (Å²) in [5, 5.41) is 4.82. The van der Waals surface area contributed by atoms with Crippen molar-refractivity contribution in [2.24, 2.45) is 0 Å². The average molecular weight is 574 g/mol. The van der Waals surface area contributed by atoms with Crippen LogP contribution in [0.15, 0.2) is 164 Å². The summed E-state index contributed by atoms with van der Waals surface area (Å²) >= 11 is 0. The van der Waals surface area contributed by atoms with E-state index in [0.717, 1.165) is 61.4 Å². The first-order valence-electron chi connectivity index (χ1n) is 15.3. The SMILES string of the molecule is c1ccc(-c2cc3nc(-c4ccccc4)c(-n4c5ccccc5c5cc6ccccc6cc54)nc3cc2-c2ccccc2)cc1. The van der Waals surface area contributed by atoms with Gasteiger partial charge in [0.2, 0.25) is 0 Å². The molecule has 0 unspecified atom stereocenters. The van der Waals surface area contributed by atoms with Gasteiger partial charge in [-0.15, -0.1) is 0 Å². The minimum Gasteiger partial charge on any atom is -0.292 e. The monoisotopic (exact) mass is 573 g/mol. The summed E-state index contributed by atoms with van der Waals surface area (Å²) in [7, 11) is 0. The van der Waals surface area contributed by atoms with Gasteiger partial charge in [-0.1, -0.05) is 133 Å². The molecule has 0 aliphatic carbocycles. The minimum absolute atomic E-state index is 0.821. The third-order valence-electron chi connectivity index (χ3n) is 8.75. The minimum atomic E-state index is 0.821. The van der Waals surface area contributed by atoms with Crippen molar-refractivity contribution >= 4 is 43.6 Å². The van der Waals surface area contributed by atoms with Crippen molar-refractivity contribution in [2.75, 3.05) is 0 Å². The maximum atomic E-state index is 5.50. The van der Waals surface area contributed by atoms with E-state index in [1.54, 1.807) is 0 Å². The number of benzene rings is 7. The molecule has 0 saturated carbocycles. The summed E-state index contributed by atoms with van der Waals surface area (Å²) in [5.41, 5.74) is 10.4. The first kappa shape index (κ1) is 25.4. The number of aromatic nitrogens is 3. The molecular weight excluding hydrogens is 546 g/mol. The Balaban J connectivity index is 1.41. The van der Waals surface area contributed by atoms with E-state index in [4.69, 9.17) is 9.97 Å². The Labute approximate surface area is 260 Å². The Morgan fingerprint density at radius 1 is 0.378 bits per heavy atom. The third-order valence-corrected chi connectivity index (χ3v) is 8.75. The lowest BCUT2D eigenvalue weighted by Gasteiger charge is -2.16. The van der Waals surface area contributed by atoms with E-state index in [1.165, 1.54) is 21.5 Å². The molecule has 210 valence electrons. The van der Waals surface area contributed by atoms with Gasteiger partial charge in [-0.25, -0.2) is 9.97 Å². The molecule has 9 aromatic rings. The van der Waals surface area contributed by atoms with Crippen molar-refractivity contribution in [1.29, 1.82) is 0 Å². The zero-order chi connectivity index (χ0) is 29.7. The van der Waals surface area contributed by atoms with E-state index in [9.17, 15) is 0 Å². The Hall–Kier alpha value is -6.06. The Morgan fingerprint density at radius 3 is 1.53 bits per heavy atom. The smallest absolute Gasteiger partial charge is 0.165 e. The summed E-state index contributed by atoms with van der Waals surface area (Å²) < 4.78 is 2.30. The van der Waals surface area contributed by atoms with Crippen LogP contribution in [0.3, 0.4) is 0 Å². The lowest BCUT2D eigenvalue weighted by Crippen LogP contribution is -2.04. The van der Waals surface area contributed by atoms with E-state index in [-0.39, 0.29) is 0 Å². The van der Waals surface area contributed by atoms with Gasteiger partial charge in [0.1, 0.15) is 5.69 Å². The van der Waals surface area contributed by atoms with Crippen molar-refractivity contribution in [3.8, 4) is 39.3 Å². The number of rotatable bonds is 4. The van der Waals surface area contributed by atoms with Gasteiger partial charge in [0.15, 0.2) is 5.82 Å². The van der Waals surface area contributed by atoms with Crippen LogP contribution in [-0.4, -0.2) is 14.5 Å². The lowest BCUT2D eigenvalue weighted by atomic mass is 9.93. The fourth-order valence-electron chi connectivity index (χ4n) is 6.64. The molecule has 45 heavy (non-hydrogen) atoms. The van der Waals surface area contributed by atoms with Crippen molar-refractivity contribution in [3.63, 3.8) is 0 Å². The van der Waals surface area contributed by atoms with Gasteiger partial charge in [-0.05, 0) is 63.4 Å². The average Bonchev–Trinajstić information content (AvgIpc) is 3.43. The van der Waals surface area contributed by atoms with E-state index in [2.05, 4.69) is 162 Å². The molecule has 2 aromatic heterocycles. The number of hydrogen-bond donors (Lipinski definition) is 0. The first-order chi connectivity index (χ1) is 22.3. The fraction of sp³-hybridized carbons (Fsp3) is 0. The quantitative estimate of drug-likeness (QED) is 0.210. The van der Waals surface area contributed by atoms with Crippen LogP contribution < -0.4 is 0 Å². The second-order valence-electron chi connectivity index (χ2n) is 11.4. The number of fused-ring (bicyclic) bond motifs is 5. The van der Waals surface area contributed by atoms with Crippen LogP contribution in [0.5, 0.6) is 0 Å². The van der Waals surface area contributed by atoms with E-state index >= 15 is 0 Å². The van der Waals surface area contributed by atoms with Gasteiger partial charge >= 0.3 is 0 Å². The second kappa shape index (κ2) is 10.3. The molecule has 3 nitrogen and oxygen atoms in total. The predicted octanol–water partition coefficient (Wildman–Crippen LogP) is 10.9. The zero-order valence-corrected chi connectivity index (χ0v) is 24.4. The molecular formula is C42H27N3. The maximum absolute atomic E-state index is 5.50. The Morgan fingerprint density at radius 2 is 0.889 bits per heavy atom. The molecule has 0 spiro atoms. The first-order valence-corrected chi connectivity index (χ1v) is 15.3. The number of hydrogen-bond acceptors (Lipinski definition) is 2. The van der Waals surface area contributed by atoms with Crippen LogP contribution in [0.2, 0.25) is 0 Å². The third kappa shape index (κ3) is 4.21. The Kier molecular flexibility index (Phi) is 5.82. The molecule has 2 heterocycles. The fourth-order valence-corrected chi connectivity index (χ4v) is 6.64. The summed E-state index contributed by atoms with van der Waals surface area (Å²) in [6.45, 7) is 0. The summed E-state index contributed by atoms with van der Waals surface area (Å²) in [4.78, 5) is 10.9. The topological polar surface area (TPSA) is 30.7 Å². The molecule has 9 rings (SSSR count). The number of nitrogens with zero attached hydrogens (tertiary/aromatic N) is 3. The highest BCUT2D eigenvalue weighted by molar-refractivity contribution is 6.14. The van der Waals surface area contributed by atoms with Gasteiger partial charge in [-0.3, -0.25) is 4.57 Å². The van der Waals surface area contributed by atoms with Gasteiger partial charge in [0, 0.05) is 16.3 Å². The van der Waals surface area contributed by atoms with Crippen molar-refractivity contribution < 1.29 is 0 Å². The van der Waals surface area contributed by atoms with E-state index < -0.39 is 0 Å². The molecule has 7 aromatic carbocycles. The zero-order valence-electron chi connectivity index (χ0n) is 24.4. The molecule has 0 aliphatic rings. The molecule has 3 heteroatoms. The van der Waals surface area contributed by atoms with Crippen molar-refractivity contribution in [3.05, 3.63) is 164 Å². The standard InChI is InChI=1S/C42H27N3/c1-4-14-28(15-5-1)34-26-37-38(27-35(34)29-16-6-2-7-17-29)44-42(41(43-37)30-18-8-3-9-19-30)45-39-23-13-12-22-33(39)36-24-31-20-10-11-21-32(31)25-40(36)45/h1-27H.